The molecule has 1 aromatic carbocycles. The van der Waals surface area contributed by atoms with Crippen molar-refractivity contribution in [1.82, 2.24) is 4.98 Å². The summed E-state index contributed by atoms with van der Waals surface area (Å²) in [6.07, 6.45) is -4.55. The van der Waals surface area contributed by atoms with Crippen LogP contribution in [-0.4, -0.2) is 10.9 Å². The highest BCUT2D eigenvalue weighted by Gasteiger charge is 2.30. The number of hydrogen-bond acceptors (Lipinski definition) is 3. The second-order valence-electron chi connectivity index (χ2n) is 6.58. The average Bonchev–Trinajstić information content (AvgIpc) is 2.79. The summed E-state index contributed by atoms with van der Waals surface area (Å²) in [5.41, 5.74) is -0.422. The molecule has 1 amide bonds. The van der Waals surface area contributed by atoms with Crippen molar-refractivity contribution in [3.05, 3.63) is 47.2 Å². The Morgan fingerprint density at radius 3 is 2.46 bits per heavy atom. The monoisotopic (exact) mass is 340 g/mol. The minimum absolute atomic E-state index is 0.0861. The first-order valence-corrected chi connectivity index (χ1v) is 7.41. The zero-order valence-electron chi connectivity index (χ0n) is 13.9. The molecule has 1 N–H and O–H groups in total. The van der Waals surface area contributed by atoms with E-state index in [2.05, 4.69) is 10.3 Å². The zero-order valence-corrected chi connectivity index (χ0v) is 13.9. The van der Waals surface area contributed by atoms with Crippen LogP contribution in [0.2, 0.25) is 0 Å². The second kappa shape index (κ2) is 6.30. The van der Waals surface area contributed by atoms with Crippen molar-refractivity contribution in [3.8, 4) is 0 Å². The lowest BCUT2D eigenvalue weighted by Gasteiger charge is -2.12. The molecule has 0 spiro atoms. The molecule has 0 unspecified atom stereocenters. The number of hydrogen-bond donors (Lipinski definition) is 1. The molecular formula is C17H19F3N2O2. The van der Waals surface area contributed by atoms with Gasteiger partial charge in [0.05, 0.1) is 17.7 Å². The number of amides is 1. The Bertz CT molecular complexity index is 743. The van der Waals surface area contributed by atoms with Crippen LogP contribution in [-0.2, 0) is 22.8 Å². The summed E-state index contributed by atoms with van der Waals surface area (Å²) in [6, 6.07) is 4.49. The number of benzene rings is 1. The van der Waals surface area contributed by atoms with Crippen molar-refractivity contribution in [2.24, 2.45) is 0 Å². The third-order valence-corrected chi connectivity index (χ3v) is 3.33. The van der Waals surface area contributed by atoms with Gasteiger partial charge in [0, 0.05) is 11.1 Å². The van der Waals surface area contributed by atoms with Gasteiger partial charge in [-0.05, 0) is 25.1 Å². The number of halogens is 3. The Morgan fingerprint density at radius 2 is 1.92 bits per heavy atom. The predicted octanol–water partition coefficient (Wildman–Crippen LogP) is 4.48. The van der Waals surface area contributed by atoms with E-state index in [0.29, 0.717) is 17.3 Å². The Kier molecular flexibility index (Phi) is 4.73. The molecule has 7 heteroatoms. The van der Waals surface area contributed by atoms with Crippen molar-refractivity contribution < 1.29 is 22.4 Å². The van der Waals surface area contributed by atoms with Crippen LogP contribution < -0.4 is 5.32 Å². The van der Waals surface area contributed by atoms with Gasteiger partial charge >= 0.3 is 6.18 Å². The summed E-state index contributed by atoms with van der Waals surface area (Å²) >= 11 is 0. The molecule has 0 aliphatic rings. The molecule has 0 aliphatic carbocycles. The average molecular weight is 340 g/mol. The minimum Gasteiger partial charge on any atom is -0.444 e. The number of anilines is 1. The molecule has 0 aliphatic heterocycles. The molecule has 0 saturated heterocycles. The summed E-state index contributed by atoms with van der Waals surface area (Å²) in [4.78, 5) is 16.4. The van der Waals surface area contributed by atoms with Gasteiger partial charge in [-0.1, -0.05) is 26.8 Å². The molecule has 0 bridgehead atoms. The van der Waals surface area contributed by atoms with Crippen LogP contribution >= 0.6 is 0 Å². The lowest BCUT2D eigenvalue weighted by atomic mass is 9.97. The molecule has 0 radical (unpaired) electrons. The SMILES string of the molecule is Cc1nc(C(C)(C)C)oc1CC(=O)Nc1cccc(C(F)(F)F)c1. The van der Waals surface area contributed by atoms with Crippen LogP contribution in [0.25, 0.3) is 0 Å². The summed E-state index contributed by atoms with van der Waals surface area (Å²) < 4.78 is 43.7. The number of oxazole rings is 1. The summed E-state index contributed by atoms with van der Waals surface area (Å²) in [5, 5.41) is 2.45. The minimum atomic E-state index is -4.45. The van der Waals surface area contributed by atoms with E-state index in [0.717, 1.165) is 12.1 Å². The number of aromatic nitrogens is 1. The van der Waals surface area contributed by atoms with Gasteiger partial charge in [0.15, 0.2) is 5.89 Å². The summed E-state index contributed by atoms with van der Waals surface area (Å²) in [6.45, 7) is 7.53. The van der Waals surface area contributed by atoms with E-state index < -0.39 is 17.6 Å². The first-order chi connectivity index (χ1) is 11.0. The highest BCUT2D eigenvalue weighted by molar-refractivity contribution is 5.92. The Balaban J connectivity index is 2.11. The Hall–Kier alpha value is -2.31. The third kappa shape index (κ3) is 4.37. The Morgan fingerprint density at radius 1 is 1.25 bits per heavy atom. The van der Waals surface area contributed by atoms with Crippen molar-refractivity contribution in [2.75, 3.05) is 5.32 Å². The highest BCUT2D eigenvalue weighted by Crippen LogP contribution is 2.30. The molecular weight excluding hydrogens is 321 g/mol. The van der Waals surface area contributed by atoms with E-state index in [9.17, 15) is 18.0 Å². The van der Waals surface area contributed by atoms with Crippen molar-refractivity contribution >= 4 is 11.6 Å². The number of carbonyl (C=O) groups excluding carboxylic acids is 1. The van der Waals surface area contributed by atoms with E-state index in [1.54, 1.807) is 6.92 Å². The first-order valence-electron chi connectivity index (χ1n) is 7.41. The normalized spacial score (nSPS) is 12.3. The number of aryl methyl sites for hydroxylation is 1. The van der Waals surface area contributed by atoms with E-state index in [4.69, 9.17) is 4.42 Å². The molecule has 0 fully saturated rings. The maximum Gasteiger partial charge on any atom is 0.416 e. The van der Waals surface area contributed by atoms with Gasteiger partial charge in [-0.15, -0.1) is 0 Å². The van der Waals surface area contributed by atoms with Gasteiger partial charge in [0.2, 0.25) is 5.91 Å². The Labute approximate surface area is 138 Å². The number of carbonyl (C=O) groups is 1. The largest absolute Gasteiger partial charge is 0.444 e. The van der Waals surface area contributed by atoms with Crippen molar-refractivity contribution in [1.29, 1.82) is 0 Å². The topological polar surface area (TPSA) is 55.1 Å². The third-order valence-electron chi connectivity index (χ3n) is 3.33. The van der Waals surface area contributed by atoms with E-state index in [1.165, 1.54) is 12.1 Å². The van der Waals surface area contributed by atoms with E-state index in [-0.39, 0.29) is 17.5 Å². The molecule has 1 aromatic heterocycles. The number of nitrogens with zero attached hydrogens (tertiary/aromatic N) is 1. The fourth-order valence-electron chi connectivity index (χ4n) is 2.04. The summed E-state index contributed by atoms with van der Waals surface area (Å²) in [5.74, 6) is 0.459. The van der Waals surface area contributed by atoms with Crippen LogP contribution in [0.4, 0.5) is 18.9 Å². The molecule has 0 atom stereocenters. The second-order valence-corrected chi connectivity index (χ2v) is 6.58. The standard InChI is InChI=1S/C17H19F3N2O2/c1-10-13(24-15(21-10)16(2,3)4)9-14(23)22-12-7-5-6-11(8-12)17(18,19)20/h5-8H,9H2,1-4H3,(H,22,23). The van der Waals surface area contributed by atoms with Gasteiger partial charge < -0.3 is 9.73 Å². The molecule has 4 nitrogen and oxygen atoms in total. The fourth-order valence-corrected chi connectivity index (χ4v) is 2.04. The number of rotatable bonds is 3. The van der Waals surface area contributed by atoms with Crippen LogP contribution in [0.15, 0.2) is 28.7 Å². The maximum atomic E-state index is 12.7. The van der Waals surface area contributed by atoms with E-state index >= 15 is 0 Å². The van der Waals surface area contributed by atoms with Crippen LogP contribution in [0.5, 0.6) is 0 Å². The quantitative estimate of drug-likeness (QED) is 0.896. The van der Waals surface area contributed by atoms with Crippen molar-refractivity contribution in [3.63, 3.8) is 0 Å². The molecule has 2 rings (SSSR count). The van der Waals surface area contributed by atoms with Crippen LogP contribution in [0, 0.1) is 6.92 Å². The maximum absolute atomic E-state index is 12.7. The predicted molar refractivity (Wildman–Crippen MR) is 83.7 cm³/mol. The lowest BCUT2D eigenvalue weighted by molar-refractivity contribution is -0.137. The van der Waals surface area contributed by atoms with E-state index in [1.807, 2.05) is 20.8 Å². The van der Waals surface area contributed by atoms with Crippen molar-refractivity contribution in [2.45, 2.75) is 45.7 Å². The molecule has 2 aromatic rings. The van der Waals surface area contributed by atoms with Gasteiger partial charge in [0.25, 0.3) is 0 Å². The zero-order chi connectivity index (χ0) is 18.1. The molecule has 0 saturated carbocycles. The first kappa shape index (κ1) is 18.0. The fraction of sp³-hybridized carbons (Fsp3) is 0.412. The molecule has 1 heterocycles. The smallest absolute Gasteiger partial charge is 0.416 e. The highest BCUT2D eigenvalue weighted by atomic mass is 19.4. The van der Waals surface area contributed by atoms with Gasteiger partial charge in [-0.3, -0.25) is 4.79 Å². The molecule has 130 valence electrons. The number of alkyl halides is 3. The van der Waals surface area contributed by atoms with Crippen LogP contribution in [0.1, 0.15) is 43.7 Å². The number of nitrogens with one attached hydrogen (secondary N) is 1. The molecule has 24 heavy (non-hydrogen) atoms. The lowest BCUT2D eigenvalue weighted by Crippen LogP contribution is -2.15. The van der Waals surface area contributed by atoms with Gasteiger partial charge in [-0.2, -0.15) is 13.2 Å². The van der Waals surface area contributed by atoms with Gasteiger partial charge in [0.1, 0.15) is 5.76 Å². The summed E-state index contributed by atoms with van der Waals surface area (Å²) in [7, 11) is 0. The van der Waals surface area contributed by atoms with Crippen LogP contribution in [0.3, 0.4) is 0 Å². The van der Waals surface area contributed by atoms with Gasteiger partial charge in [-0.25, -0.2) is 4.98 Å².